The standard InChI is InChI=1S/C12H20N2S/c1-8-4-5-15-12(8)11(14(2)3)9-6-10(13)7-9/h4-5,9-11H,6-7,13H2,1-3H3. The van der Waals surface area contributed by atoms with Crippen LogP contribution in [0, 0.1) is 12.8 Å². The first kappa shape index (κ1) is 11.1. The third-order valence-corrected chi connectivity index (χ3v) is 4.47. The summed E-state index contributed by atoms with van der Waals surface area (Å²) >= 11 is 1.88. The Kier molecular flexibility index (Phi) is 3.14. The summed E-state index contributed by atoms with van der Waals surface area (Å²) in [5, 5.41) is 2.19. The van der Waals surface area contributed by atoms with Crippen molar-refractivity contribution in [2.75, 3.05) is 14.1 Å². The summed E-state index contributed by atoms with van der Waals surface area (Å²) in [7, 11) is 4.35. The van der Waals surface area contributed by atoms with Crippen LogP contribution in [0.1, 0.15) is 29.3 Å². The van der Waals surface area contributed by atoms with E-state index in [4.69, 9.17) is 5.73 Å². The van der Waals surface area contributed by atoms with E-state index < -0.39 is 0 Å². The van der Waals surface area contributed by atoms with Gasteiger partial charge in [0.05, 0.1) is 0 Å². The normalized spacial score (nSPS) is 27.8. The first-order valence-electron chi connectivity index (χ1n) is 5.55. The van der Waals surface area contributed by atoms with E-state index in [9.17, 15) is 0 Å². The minimum absolute atomic E-state index is 0.442. The second-order valence-electron chi connectivity index (χ2n) is 4.87. The quantitative estimate of drug-likeness (QED) is 0.854. The minimum atomic E-state index is 0.442. The zero-order valence-electron chi connectivity index (χ0n) is 9.73. The lowest BCUT2D eigenvalue weighted by atomic mass is 9.75. The molecular formula is C12H20N2S. The molecule has 1 aliphatic carbocycles. The molecule has 0 bridgehead atoms. The fraction of sp³-hybridized carbons (Fsp3) is 0.667. The van der Waals surface area contributed by atoms with Crippen LogP contribution in [0.15, 0.2) is 11.4 Å². The Labute approximate surface area is 96.1 Å². The molecule has 1 saturated carbocycles. The van der Waals surface area contributed by atoms with Gasteiger partial charge in [-0.25, -0.2) is 0 Å². The van der Waals surface area contributed by atoms with Gasteiger partial charge in [0.15, 0.2) is 0 Å². The molecule has 15 heavy (non-hydrogen) atoms. The number of nitrogens with two attached hydrogens (primary N) is 1. The number of nitrogens with zero attached hydrogens (tertiary/aromatic N) is 1. The smallest absolute Gasteiger partial charge is 0.0467 e. The largest absolute Gasteiger partial charge is 0.328 e. The molecule has 0 radical (unpaired) electrons. The first-order valence-corrected chi connectivity index (χ1v) is 6.43. The van der Waals surface area contributed by atoms with Gasteiger partial charge in [-0.2, -0.15) is 0 Å². The van der Waals surface area contributed by atoms with Crippen molar-refractivity contribution in [2.45, 2.75) is 31.8 Å². The molecule has 1 unspecified atom stereocenters. The molecule has 1 atom stereocenters. The van der Waals surface area contributed by atoms with Crippen LogP contribution in [0.3, 0.4) is 0 Å². The Morgan fingerprint density at radius 2 is 2.13 bits per heavy atom. The molecule has 84 valence electrons. The number of hydrogen-bond acceptors (Lipinski definition) is 3. The molecule has 0 aliphatic heterocycles. The van der Waals surface area contributed by atoms with Gasteiger partial charge >= 0.3 is 0 Å². The summed E-state index contributed by atoms with van der Waals surface area (Å²) in [5.74, 6) is 0.757. The topological polar surface area (TPSA) is 29.3 Å². The zero-order valence-corrected chi connectivity index (χ0v) is 10.6. The maximum atomic E-state index is 5.88. The zero-order chi connectivity index (χ0) is 11.0. The van der Waals surface area contributed by atoms with Gasteiger partial charge in [0, 0.05) is 17.0 Å². The lowest BCUT2D eigenvalue weighted by Crippen LogP contribution is -2.43. The van der Waals surface area contributed by atoms with Crippen molar-refractivity contribution in [1.29, 1.82) is 0 Å². The van der Waals surface area contributed by atoms with Crippen LogP contribution in [-0.2, 0) is 0 Å². The van der Waals surface area contributed by atoms with Crippen molar-refractivity contribution in [3.05, 3.63) is 21.9 Å². The molecule has 1 heterocycles. The molecule has 3 heteroatoms. The van der Waals surface area contributed by atoms with E-state index in [-0.39, 0.29) is 0 Å². The number of thiophene rings is 1. The molecule has 0 saturated heterocycles. The first-order chi connectivity index (χ1) is 7.09. The average molecular weight is 224 g/mol. The van der Waals surface area contributed by atoms with Gasteiger partial charge in [-0.15, -0.1) is 11.3 Å². The van der Waals surface area contributed by atoms with Crippen LogP contribution in [-0.4, -0.2) is 25.0 Å². The van der Waals surface area contributed by atoms with E-state index in [0.717, 1.165) is 5.92 Å². The predicted molar refractivity (Wildman–Crippen MR) is 66.2 cm³/mol. The Bertz CT molecular complexity index is 326. The van der Waals surface area contributed by atoms with Crippen molar-refractivity contribution in [3.8, 4) is 0 Å². The second kappa shape index (κ2) is 4.24. The van der Waals surface area contributed by atoms with Gasteiger partial charge in [0.1, 0.15) is 0 Å². The Morgan fingerprint density at radius 3 is 2.53 bits per heavy atom. The summed E-state index contributed by atoms with van der Waals surface area (Å²) < 4.78 is 0. The highest BCUT2D eigenvalue weighted by Crippen LogP contribution is 2.42. The molecular weight excluding hydrogens is 204 g/mol. The van der Waals surface area contributed by atoms with Crippen LogP contribution in [0.2, 0.25) is 0 Å². The third kappa shape index (κ3) is 2.10. The maximum absolute atomic E-state index is 5.88. The molecule has 2 nitrogen and oxygen atoms in total. The van der Waals surface area contributed by atoms with Crippen LogP contribution in [0.25, 0.3) is 0 Å². The molecule has 2 N–H and O–H groups in total. The molecule has 1 aromatic rings. The van der Waals surface area contributed by atoms with Gasteiger partial charge in [-0.05, 0) is 56.8 Å². The molecule has 1 fully saturated rings. The highest BCUT2D eigenvalue weighted by atomic mass is 32.1. The van der Waals surface area contributed by atoms with Crippen molar-refractivity contribution in [3.63, 3.8) is 0 Å². The molecule has 0 aromatic carbocycles. The SMILES string of the molecule is Cc1ccsc1C(C1CC(N)C1)N(C)C. The highest BCUT2D eigenvalue weighted by molar-refractivity contribution is 7.10. The monoisotopic (exact) mass is 224 g/mol. The predicted octanol–water partition coefficient (Wildman–Crippen LogP) is 2.40. The van der Waals surface area contributed by atoms with E-state index in [2.05, 4.69) is 37.4 Å². The van der Waals surface area contributed by atoms with Crippen LogP contribution >= 0.6 is 11.3 Å². The summed E-state index contributed by atoms with van der Waals surface area (Å²) in [6.07, 6.45) is 2.36. The fourth-order valence-corrected chi connectivity index (χ4v) is 3.74. The van der Waals surface area contributed by atoms with E-state index in [1.165, 1.54) is 23.3 Å². The molecule has 0 amide bonds. The summed E-state index contributed by atoms with van der Waals surface area (Å²) in [5.41, 5.74) is 7.31. The molecule has 2 rings (SSSR count). The van der Waals surface area contributed by atoms with Gasteiger partial charge in [-0.3, -0.25) is 0 Å². The summed E-state index contributed by atoms with van der Waals surface area (Å²) in [6.45, 7) is 2.21. The molecule has 1 aromatic heterocycles. The lowest BCUT2D eigenvalue weighted by molar-refractivity contribution is 0.125. The number of rotatable bonds is 3. The van der Waals surface area contributed by atoms with E-state index in [1.807, 2.05) is 11.3 Å². The van der Waals surface area contributed by atoms with E-state index >= 15 is 0 Å². The Balaban J connectivity index is 2.17. The lowest BCUT2D eigenvalue weighted by Gasteiger charge is -2.41. The van der Waals surface area contributed by atoms with Gasteiger partial charge in [-0.1, -0.05) is 0 Å². The average Bonchev–Trinajstić information content (AvgIpc) is 2.49. The fourth-order valence-electron chi connectivity index (χ4n) is 2.52. The molecule has 1 aliphatic rings. The second-order valence-corrected chi connectivity index (χ2v) is 5.82. The summed E-state index contributed by atoms with van der Waals surface area (Å²) in [6, 6.07) is 3.23. The van der Waals surface area contributed by atoms with Gasteiger partial charge in [0.25, 0.3) is 0 Å². The van der Waals surface area contributed by atoms with Crippen LogP contribution in [0.4, 0.5) is 0 Å². The molecule has 0 spiro atoms. The van der Waals surface area contributed by atoms with Crippen LogP contribution in [0.5, 0.6) is 0 Å². The minimum Gasteiger partial charge on any atom is -0.328 e. The van der Waals surface area contributed by atoms with E-state index in [0.29, 0.717) is 12.1 Å². The van der Waals surface area contributed by atoms with E-state index in [1.54, 1.807) is 0 Å². The van der Waals surface area contributed by atoms with Crippen LogP contribution < -0.4 is 5.73 Å². The Morgan fingerprint density at radius 1 is 1.47 bits per heavy atom. The third-order valence-electron chi connectivity index (χ3n) is 3.38. The van der Waals surface area contributed by atoms with Gasteiger partial charge < -0.3 is 10.6 Å². The number of hydrogen-bond donors (Lipinski definition) is 1. The summed E-state index contributed by atoms with van der Waals surface area (Å²) in [4.78, 5) is 3.87. The van der Waals surface area contributed by atoms with Gasteiger partial charge in [0.2, 0.25) is 0 Å². The maximum Gasteiger partial charge on any atom is 0.0467 e. The highest BCUT2D eigenvalue weighted by Gasteiger charge is 2.36. The van der Waals surface area contributed by atoms with Crippen molar-refractivity contribution >= 4 is 11.3 Å². The number of aryl methyl sites for hydroxylation is 1. The van der Waals surface area contributed by atoms with Crippen molar-refractivity contribution < 1.29 is 0 Å². The van der Waals surface area contributed by atoms with Crippen molar-refractivity contribution in [2.24, 2.45) is 11.7 Å². The Hall–Kier alpha value is -0.380. The van der Waals surface area contributed by atoms with Crippen molar-refractivity contribution in [1.82, 2.24) is 4.90 Å².